The maximum atomic E-state index is 14.5. The molecule has 2 amide bonds. The molecule has 4 rings (SSSR count). The first kappa shape index (κ1) is 35.5. The Morgan fingerprint density at radius 1 is 0.894 bits per heavy atom. The van der Waals surface area contributed by atoms with Crippen LogP contribution in [0.4, 0.5) is 10.1 Å². The third-order valence-corrected chi connectivity index (χ3v) is 9.67. The highest BCUT2D eigenvalue weighted by Crippen LogP contribution is 2.33. The lowest BCUT2D eigenvalue weighted by Gasteiger charge is -2.34. The first-order valence-corrected chi connectivity index (χ1v) is 16.7. The molecular formula is C34H34Cl2FN3O6S. The van der Waals surface area contributed by atoms with E-state index in [2.05, 4.69) is 5.32 Å². The van der Waals surface area contributed by atoms with Crippen LogP contribution >= 0.6 is 23.2 Å². The van der Waals surface area contributed by atoms with E-state index in [0.29, 0.717) is 22.9 Å². The zero-order valence-electron chi connectivity index (χ0n) is 26.0. The topological polar surface area (TPSA) is 105 Å². The van der Waals surface area contributed by atoms with Crippen molar-refractivity contribution in [3.05, 3.63) is 118 Å². The molecular weight excluding hydrogens is 668 g/mol. The van der Waals surface area contributed by atoms with Crippen molar-refractivity contribution in [2.75, 3.05) is 31.6 Å². The second-order valence-electron chi connectivity index (χ2n) is 10.4. The second kappa shape index (κ2) is 16.0. The Bertz CT molecular complexity index is 1810. The number of rotatable bonds is 14. The number of carbonyl (C=O) groups excluding carboxylic acids is 2. The monoisotopic (exact) mass is 701 g/mol. The second-order valence-corrected chi connectivity index (χ2v) is 13.1. The van der Waals surface area contributed by atoms with E-state index in [1.807, 2.05) is 30.3 Å². The summed E-state index contributed by atoms with van der Waals surface area (Å²) in [6.07, 6.45) is 0.128. The minimum Gasteiger partial charge on any atom is -0.493 e. The Kier molecular flexibility index (Phi) is 12.1. The molecule has 0 aliphatic rings. The molecule has 0 aliphatic heterocycles. The highest BCUT2D eigenvalue weighted by Gasteiger charge is 2.35. The number of anilines is 1. The molecule has 0 aromatic heterocycles. The van der Waals surface area contributed by atoms with Gasteiger partial charge in [0.15, 0.2) is 11.5 Å². The van der Waals surface area contributed by atoms with Crippen LogP contribution in [-0.4, -0.2) is 58.5 Å². The minimum absolute atomic E-state index is 0.0247. The standard InChI is InChI=1S/C34H34Cl2FN3O6S/c1-4-38-34(42)30(18-23-8-6-5-7-9-23)39(21-24-10-11-25(35)19-29(24)36)33(41)22-40(27-14-12-26(37)13-15-27)47(43,44)28-16-17-31(45-2)32(20-28)46-3/h5-17,19-20,30H,4,18,21-22H2,1-3H3,(H,38,42)/t30-/m1/s1. The maximum Gasteiger partial charge on any atom is 0.264 e. The van der Waals surface area contributed by atoms with Crippen LogP contribution in [-0.2, 0) is 32.6 Å². The van der Waals surface area contributed by atoms with Gasteiger partial charge < -0.3 is 19.7 Å². The van der Waals surface area contributed by atoms with Gasteiger partial charge in [-0.2, -0.15) is 0 Å². The molecule has 0 fully saturated rings. The molecule has 9 nitrogen and oxygen atoms in total. The van der Waals surface area contributed by atoms with Crippen LogP contribution < -0.4 is 19.1 Å². The largest absolute Gasteiger partial charge is 0.493 e. The van der Waals surface area contributed by atoms with Gasteiger partial charge in [0.1, 0.15) is 18.4 Å². The van der Waals surface area contributed by atoms with Crippen LogP contribution in [0.25, 0.3) is 0 Å². The summed E-state index contributed by atoms with van der Waals surface area (Å²) in [5, 5.41) is 3.44. The van der Waals surface area contributed by atoms with Gasteiger partial charge in [0, 0.05) is 35.6 Å². The van der Waals surface area contributed by atoms with E-state index in [-0.39, 0.29) is 34.3 Å². The molecule has 13 heteroatoms. The quantitative estimate of drug-likeness (QED) is 0.170. The van der Waals surface area contributed by atoms with E-state index in [1.54, 1.807) is 19.1 Å². The van der Waals surface area contributed by atoms with Crippen molar-refractivity contribution in [1.29, 1.82) is 0 Å². The molecule has 0 radical (unpaired) electrons. The number of halogens is 3. The normalized spacial score (nSPS) is 11.8. The van der Waals surface area contributed by atoms with Gasteiger partial charge in [0.05, 0.1) is 24.8 Å². The van der Waals surface area contributed by atoms with E-state index in [1.165, 1.54) is 55.5 Å². The lowest BCUT2D eigenvalue weighted by atomic mass is 10.0. The fraction of sp³-hybridized carbons (Fsp3) is 0.235. The Hall–Kier alpha value is -4.32. The Balaban J connectivity index is 1.83. The van der Waals surface area contributed by atoms with E-state index in [9.17, 15) is 22.4 Å². The summed E-state index contributed by atoms with van der Waals surface area (Å²) >= 11 is 12.6. The van der Waals surface area contributed by atoms with Crippen LogP contribution in [0.15, 0.2) is 95.9 Å². The van der Waals surface area contributed by atoms with E-state index >= 15 is 0 Å². The maximum absolute atomic E-state index is 14.5. The minimum atomic E-state index is -4.47. The van der Waals surface area contributed by atoms with E-state index in [4.69, 9.17) is 32.7 Å². The van der Waals surface area contributed by atoms with Crippen molar-refractivity contribution in [2.24, 2.45) is 0 Å². The summed E-state index contributed by atoms with van der Waals surface area (Å²) in [6, 6.07) is 21.5. The number of carbonyl (C=O) groups is 2. The first-order valence-electron chi connectivity index (χ1n) is 14.5. The van der Waals surface area contributed by atoms with Gasteiger partial charge in [0.2, 0.25) is 11.8 Å². The van der Waals surface area contributed by atoms with Crippen molar-refractivity contribution in [2.45, 2.75) is 30.8 Å². The average molecular weight is 703 g/mol. The zero-order chi connectivity index (χ0) is 34.1. The summed E-state index contributed by atoms with van der Waals surface area (Å²) in [7, 11) is -1.69. The molecule has 47 heavy (non-hydrogen) atoms. The molecule has 0 spiro atoms. The highest BCUT2D eigenvalue weighted by atomic mass is 35.5. The van der Waals surface area contributed by atoms with Crippen LogP contribution in [0.2, 0.25) is 10.0 Å². The highest BCUT2D eigenvalue weighted by molar-refractivity contribution is 7.92. The number of ether oxygens (including phenoxy) is 2. The Morgan fingerprint density at radius 2 is 1.57 bits per heavy atom. The van der Waals surface area contributed by atoms with Crippen molar-refractivity contribution in [1.82, 2.24) is 10.2 Å². The van der Waals surface area contributed by atoms with Crippen molar-refractivity contribution >= 4 is 50.7 Å². The predicted molar refractivity (Wildman–Crippen MR) is 180 cm³/mol. The summed E-state index contributed by atoms with van der Waals surface area (Å²) in [4.78, 5) is 29.2. The van der Waals surface area contributed by atoms with Crippen molar-refractivity contribution in [3.8, 4) is 11.5 Å². The van der Waals surface area contributed by atoms with Crippen LogP contribution in [0.1, 0.15) is 18.1 Å². The summed E-state index contributed by atoms with van der Waals surface area (Å²) in [5.41, 5.74) is 1.29. The number of likely N-dealkylation sites (N-methyl/N-ethyl adjacent to an activating group) is 1. The molecule has 0 heterocycles. The van der Waals surface area contributed by atoms with Crippen molar-refractivity contribution in [3.63, 3.8) is 0 Å². The molecule has 0 saturated heterocycles. The fourth-order valence-electron chi connectivity index (χ4n) is 4.92. The fourth-order valence-corrected chi connectivity index (χ4v) is 6.82. The Morgan fingerprint density at radius 3 is 2.19 bits per heavy atom. The Labute approximate surface area is 283 Å². The number of hydrogen-bond donors (Lipinski definition) is 1. The lowest BCUT2D eigenvalue weighted by molar-refractivity contribution is -0.140. The SMILES string of the molecule is CCNC(=O)[C@@H](Cc1ccccc1)N(Cc1ccc(Cl)cc1Cl)C(=O)CN(c1ccc(F)cc1)S(=O)(=O)c1ccc(OC)c(OC)c1. The molecule has 0 unspecified atom stereocenters. The predicted octanol–water partition coefficient (Wildman–Crippen LogP) is 6.12. The van der Waals surface area contributed by atoms with Gasteiger partial charge in [-0.05, 0) is 66.6 Å². The third-order valence-electron chi connectivity index (χ3n) is 7.31. The van der Waals surface area contributed by atoms with Gasteiger partial charge in [-0.3, -0.25) is 13.9 Å². The molecule has 0 bridgehead atoms. The smallest absolute Gasteiger partial charge is 0.264 e. The average Bonchev–Trinajstić information content (AvgIpc) is 3.06. The molecule has 1 N–H and O–H groups in total. The van der Waals surface area contributed by atoms with Gasteiger partial charge >= 0.3 is 0 Å². The number of nitrogens with one attached hydrogen (secondary N) is 1. The van der Waals surface area contributed by atoms with Gasteiger partial charge in [-0.15, -0.1) is 0 Å². The number of amides is 2. The molecule has 1 atom stereocenters. The number of sulfonamides is 1. The summed E-state index contributed by atoms with van der Waals surface area (Å²) < 4.78 is 53.9. The van der Waals surface area contributed by atoms with E-state index in [0.717, 1.165) is 22.0 Å². The van der Waals surface area contributed by atoms with Crippen molar-refractivity contribution < 1.29 is 31.9 Å². The van der Waals surface area contributed by atoms with Crippen LogP contribution in [0.5, 0.6) is 11.5 Å². The molecule has 248 valence electrons. The number of methoxy groups -OCH3 is 2. The molecule has 0 saturated carbocycles. The molecule has 4 aromatic carbocycles. The van der Waals surface area contributed by atoms with Crippen LogP contribution in [0.3, 0.4) is 0 Å². The van der Waals surface area contributed by atoms with Gasteiger partial charge in [-0.1, -0.05) is 59.6 Å². The van der Waals surface area contributed by atoms with Gasteiger partial charge in [0.25, 0.3) is 10.0 Å². The van der Waals surface area contributed by atoms with Crippen LogP contribution in [0, 0.1) is 5.82 Å². The number of nitrogens with zero attached hydrogens (tertiary/aromatic N) is 2. The summed E-state index contributed by atoms with van der Waals surface area (Å²) in [5.74, 6) is -1.30. The molecule has 0 aliphatic carbocycles. The third kappa shape index (κ3) is 8.73. The number of hydrogen-bond acceptors (Lipinski definition) is 6. The van der Waals surface area contributed by atoms with Gasteiger partial charge in [-0.25, -0.2) is 12.8 Å². The van der Waals surface area contributed by atoms with E-state index < -0.39 is 40.2 Å². The molecule has 4 aromatic rings. The zero-order valence-corrected chi connectivity index (χ0v) is 28.3. The summed E-state index contributed by atoms with van der Waals surface area (Å²) in [6.45, 7) is 1.17. The first-order chi connectivity index (χ1) is 22.5. The number of benzene rings is 4. The lowest BCUT2D eigenvalue weighted by Crippen LogP contribution is -2.53.